The smallest absolute Gasteiger partial charge is 0.340 e. The van der Waals surface area contributed by atoms with Crippen LogP contribution < -0.4 is 5.56 Å². The molecule has 4 rings (SSSR count). The Hall–Kier alpha value is -3.10. The number of esters is 1. The first kappa shape index (κ1) is 20.2. The molecule has 2 aromatic heterocycles. The van der Waals surface area contributed by atoms with E-state index in [4.69, 9.17) is 16.3 Å². The first-order chi connectivity index (χ1) is 14.2. The molecule has 0 radical (unpaired) electrons. The number of ether oxygens (including phenoxy) is 1. The van der Waals surface area contributed by atoms with E-state index in [1.54, 1.807) is 31.2 Å². The molecule has 2 heterocycles. The molecule has 0 atom stereocenters. The fourth-order valence-corrected chi connectivity index (χ4v) is 4.38. The van der Waals surface area contributed by atoms with Crippen molar-refractivity contribution in [3.8, 4) is 11.1 Å². The van der Waals surface area contributed by atoms with Crippen molar-refractivity contribution in [1.82, 2.24) is 9.97 Å². The third kappa shape index (κ3) is 3.38. The Morgan fingerprint density at radius 1 is 1.20 bits per heavy atom. The average Bonchev–Trinajstić information content (AvgIpc) is 3.13. The molecule has 0 saturated heterocycles. The molecule has 2 N–H and O–H groups in total. The molecule has 0 spiro atoms. The third-order valence-corrected chi connectivity index (χ3v) is 6.22. The zero-order valence-electron chi connectivity index (χ0n) is 16.1. The number of sulfone groups is 1. The van der Waals surface area contributed by atoms with Crippen molar-refractivity contribution >= 4 is 49.2 Å². The van der Waals surface area contributed by atoms with Gasteiger partial charge in [-0.1, -0.05) is 23.7 Å². The zero-order valence-corrected chi connectivity index (χ0v) is 17.6. The van der Waals surface area contributed by atoms with Crippen LogP contribution in [0.5, 0.6) is 0 Å². The molecule has 0 aliphatic carbocycles. The van der Waals surface area contributed by atoms with Crippen LogP contribution in [-0.2, 0) is 14.6 Å². The van der Waals surface area contributed by atoms with E-state index in [0.717, 1.165) is 6.26 Å². The average molecular weight is 445 g/mol. The minimum Gasteiger partial charge on any atom is -0.462 e. The lowest BCUT2D eigenvalue weighted by molar-refractivity contribution is 0.0529. The van der Waals surface area contributed by atoms with Gasteiger partial charge in [0.25, 0.3) is 5.56 Å². The largest absolute Gasteiger partial charge is 0.462 e. The van der Waals surface area contributed by atoms with Crippen molar-refractivity contribution in [2.24, 2.45) is 0 Å². The summed E-state index contributed by atoms with van der Waals surface area (Å²) in [5.41, 5.74) is 1.70. The van der Waals surface area contributed by atoms with Gasteiger partial charge in [-0.15, -0.1) is 0 Å². The Labute approximate surface area is 176 Å². The van der Waals surface area contributed by atoms with Crippen molar-refractivity contribution < 1.29 is 17.9 Å². The van der Waals surface area contributed by atoms with Crippen molar-refractivity contribution in [1.29, 1.82) is 0 Å². The number of pyridine rings is 1. The molecule has 0 aliphatic rings. The zero-order chi connectivity index (χ0) is 21.6. The fraction of sp³-hybridized carbons (Fsp3) is 0.143. The molecule has 0 bridgehead atoms. The number of H-pyrrole nitrogens is 2. The van der Waals surface area contributed by atoms with Gasteiger partial charge >= 0.3 is 5.97 Å². The number of benzene rings is 2. The number of nitrogens with one attached hydrogen (secondary N) is 2. The monoisotopic (exact) mass is 444 g/mol. The van der Waals surface area contributed by atoms with Gasteiger partial charge in [0.05, 0.1) is 27.6 Å². The van der Waals surface area contributed by atoms with E-state index in [1.165, 1.54) is 18.3 Å². The molecule has 0 fully saturated rings. The van der Waals surface area contributed by atoms with E-state index in [-0.39, 0.29) is 22.6 Å². The number of fused-ring (bicyclic) bond motifs is 3. The van der Waals surface area contributed by atoms with Crippen LogP contribution in [0.25, 0.3) is 32.9 Å². The molecule has 0 aliphatic heterocycles. The molecule has 9 heteroatoms. The number of aromatic nitrogens is 2. The molecule has 30 heavy (non-hydrogen) atoms. The second kappa shape index (κ2) is 7.30. The maximum absolute atomic E-state index is 12.5. The minimum atomic E-state index is -3.40. The Balaban J connectivity index is 2.05. The first-order valence-electron chi connectivity index (χ1n) is 9.05. The molecule has 4 aromatic rings. The van der Waals surface area contributed by atoms with Crippen molar-refractivity contribution in [3.05, 3.63) is 63.5 Å². The summed E-state index contributed by atoms with van der Waals surface area (Å²) in [6, 6.07) is 9.74. The number of carbonyl (C=O) groups excluding carboxylic acids is 1. The normalized spacial score (nSPS) is 11.8. The summed E-state index contributed by atoms with van der Waals surface area (Å²) in [5.74, 6) is -0.550. The summed E-state index contributed by atoms with van der Waals surface area (Å²) < 4.78 is 29.0. The lowest BCUT2D eigenvalue weighted by Gasteiger charge is -2.10. The number of hydrogen-bond acceptors (Lipinski definition) is 5. The minimum absolute atomic E-state index is 0.164. The molecular formula is C21H17ClN2O5S. The van der Waals surface area contributed by atoms with Gasteiger partial charge in [-0.3, -0.25) is 4.79 Å². The molecule has 0 unspecified atom stereocenters. The maximum Gasteiger partial charge on any atom is 0.340 e. The third-order valence-electron chi connectivity index (χ3n) is 4.80. The molecular weight excluding hydrogens is 428 g/mol. The SMILES string of the molecule is CCOC(=O)c1c[nH]c2c(=O)[nH]c3cc(Cl)c(-c4cccc(S(C)(=O)=O)c4)cc3c12. The molecule has 0 saturated carbocycles. The second-order valence-electron chi connectivity index (χ2n) is 6.80. The molecule has 154 valence electrons. The van der Waals surface area contributed by atoms with E-state index in [1.807, 2.05) is 0 Å². The number of carbonyl (C=O) groups is 1. The number of aromatic amines is 2. The highest BCUT2D eigenvalue weighted by molar-refractivity contribution is 7.90. The summed E-state index contributed by atoms with van der Waals surface area (Å²) in [5, 5.41) is 1.33. The van der Waals surface area contributed by atoms with E-state index < -0.39 is 21.4 Å². The number of hydrogen-bond donors (Lipinski definition) is 2. The van der Waals surface area contributed by atoms with Crippen LogP contribution in [-0.4, -0.2) is 37.2 Å². The molecule has 7 nitrogen and oxygen atoms in total. The maximum atomic E-state index is 12.5. The van der Waals surface area contributed by atoms with Gasteiger partial charge in [-0.25, -0.2) is 13.2 Å². The van der Waals surface area contributed by atoms with Crippen LogP contribution in [0, 0.1) is 0 Å². The van der Waals surface area contributed by atoms with Crippen LogP contribution >= 0.6 is 11.6 Å². The highest BCUT2D eigenvalue weighted by Crippen LogP contribution is 2.35. The number of halogens is 1. The van der Waals surface area contributed by atoms with Crippen LogP contribution in [0.3, 0.4) is 0 Å². The van der Waals surface area contributed by atoms with Gasteiger partial charge in [0.2, 0.25) is 0 Å². The summed E-state index contributed by atoms with van der Waals surface area (Å²) in [6.07, 6.45) is 2.57. The van der Waals surface area contributed by atoms with Gasteiger partial charge in [0.1, 0.15) is 5.52 Å². The Morgan fingerprint density at radius 2 is 1.97 bits per heavy atom. The summed E-state index contributed by atoms with van der Waals surface area (Å²) in [7, 11) is -3.40. The van der Waals surface area contributed by atoms with Crippen LogP contribution in [0.2, 0.25) is 5.02 Å². The Bertz CT molecular complexity index is 1480. The van der Waals surface area contributed by atoms with Crippen molar-refractivity contribution in [2.75, 3.05) is 12.9 Å². The van der Waals surface area contributed by atoms with E-state index in [0.29, 0.717) is 32.4 Å². The quantitative estimate of drug-likeness (QED) is 0.464. The molecule has 2 aromatic carbocycles. The highest BCUT2D eigenvalue weighted by atomic mass is 35.5. The van der Waals surface area contributed by atoms with E-state index in [2.05, 4.69) is 9.97 Å². The lowest BCUT2D eigenvalue weighted by Crippen LogP contribution is -2.08. The van der Waals surface area contributed by atoms with Gasteiger partial charge in [0, 0.05) is 28.8 Å². The first-order valence-corrected chi connectivity index (χ1v) is 11.3. The van der Waals surface area contributed by atoms with Crippen LogP contribution in [0.4, 0.5) is 0 Å². The van der Waals surface area contributed by atoms with Gasteiger partial charge in [-0.05, 0) is 36.8 Å². The van der Waals surface area contributed by atoms with Crippen molar-refractivity contribution in [2.45, 2.75) is 11.8 Å². The Morgan fingerprint density at radius 3 is 2.67 bits per heavy atom. The molecule has 0 amide bonds. The van der Waals surface area contributed by atoms with Gasteiger partial charge in [-0.2, -0.15) is 0 Å². The van der Waals surface area contributed by atoms with Gasteiger partial charge in [0.15, 0.2) is 9.84 Å². The van der Waals surface area contributed by atoms with Crippen LogP contribution in [0.1, 0.15) is 17.3 Å². The summed E-state index contributed by atoms with van der Waals surface area (Å²) in [4.78, 5) is 30.6. The summed E-state index contributed by atoms with van der Waals surface area (Å²) in [6.45, 7) is 1.90. The Kier molecular flexibility index (Phi) is 4.91. The lowest BCUT2D eigenvalue weighted by atomic mass is 10.0. The van der Waals surface area contributed by atoms with Gasteiger partial charge < -0.3 is 14.7 Å². The fourth-order valence-electron chi connectivity index (χ4n) is 3.44. The second-order valence-corrected chi connectivity index (χ2v) is 9.23. The van der Waals surface area contributed by atoms with E-state index in [9.17, 15) is 18.0 Å². The summed E-state index contributed by atoms with van der Waals surface area (Å²) >= 11 is 6.46. The van der Waals surface area contributed by atoms with Crippen LogP contribution in [0.15, 0.2) is 52.3 Å². The number of rotatable bonds is 4. The van der Waals surface area contributed by atoms with Crippen molar-refractivity contribution in [3.63, 3.8) is 0 Å². The predicted octanol–water partition coefficient (Wildman–Crippen LogP) is 3.91. The topological polar surface area (TPSA) is 109 Å². The highest BCUT2D eigenvalue weighted by Gasteiger charge is 2.19. The van der Waals surface area contributed by atoms with E-state index >= 15 is 0 Å². The standard InChI is InChI=1S/C21H17ClN2O5S/c1-3-29-21(26)15-10-23-19-18(15)14-8-13(16(22)9-17(14)24-20(19)25)11-5-4-6-12(7-11)30(2,27)28/h4-10,23H,3H2,1-2H3,(H,24,25). The predicted molar refractivity (Wildman–Crippen MR) is 116 cm³/mol.